The lowest BCUT2D eigenvalue weighted by atomic mass is 10.2. The van der Waals surface area contributed by atoms with Gasteiger partial charge in [0.2, 0.25) is 6.04 Å². The van der Waals surface area contributed by atoms with Gasteiger partial charge in [-0.05, 0) is 0 Å². The van der Waals surface area contributed by atoms with Crippen LogP contribution in [0, 0.1) is 0 Å². The zero-order chi connectivity index (χ0) is 8.43. The highest BCUT2D eigenvalue weighted by Gasteiger charge is 2.21. The Morgan fingerprint density at radius 3 is 2.73 bits per heavy atom. The van der Waals surface area contributed by atoms with Gasteiger partial charge in [-0.2, -0.15) is 0 Å². The highest BCUT2D eigenvalue weighted by atomic mass is 16.4. The first kappa shape index (κ1) is 7.55. The molecule has 0 aliphatic heterocycles. The maximum Gasteiger partial charge on any atom is 0.367 e. The third-order valence-electron chi connectivity index (χ3n) is 1.35. The quantitative estimate of drug-likeness (QED) is 0.402. The monoisotopic (exact) mass is 158 g/mol. The van der Waals surface area contributed by atoms with Gasteiger partial charge in [-0.25, -0.2) is 4.79 Å². The number of aromatic nitrogens is 2. The summed E-state index contributed by atoms with van der Waals surface area (Å²) in [5.74, 6) is -1.12. The molecule has 0 radical (unpaired) electrons. The van der Waals surface area contributed by atoms with E-state index in [0.717, 1.165) is 0 Å². The summed E-state index contributed by atoms with van der Waals surface area (Å²) in [6.07, 6.45) is 1.30. The lowest BCUT2D eigenvalue weighted by Crippen LogP contribution is -2.58. The third-order valence-corrected chi connectivity index (χ3v) is 1.35. The topological polar surface area (TPSA) is 114 Å². The molecule has 0 saturated heterocycles. The molecule has 11 heavy (non-hydrogen) atoms. The minimum absolute atomic E-state index is 0.137. The Labute approximate surface area is 61.0 Å². The van der Waals surface area contributed by atoms with Gasteiger partial charge in [0.1, 0.15) is 5.56 Å². The number of aromatic amines is 2. The van der Waals surface area contributed by atoms with Gasteiger partial charge in [-0.15, -0.1) is 0 Å². The molecule has 0 aliphatic carbocycles. The number of carboxylic acid groups (broad SMARTS) is 1. The van der Waals surface area contributed by atoms with Crippen LogP contribution in [0.1, 0.15) is 11.6 Å². The average molecular weight is 158 g/mol. The molecule has 1 aromatic rings. The first-order chi connectivity index (χ1) is 5.13. The number of nitrogens with one attached hydrogen (secondary N) is 2. The molecule has 0 amide bonds. The van der Waals surface area contributed by atoms with E-state index >= 15 is 0 Å². The van der Waals surface area contributed by atoms with Crippen LogP contribution in [0.4, 0.5) is 0 Å². The molecule has 0 bridgehead atoms. The van der Waals surface area contributed by atoms with Crippen LogP contribution in [0.15, 0.2) is 11.0 Å². The Balaban J connectivity index is 3.02. The van der Waals surface area contributed by atoms with Crippen LogP contribution >= 0.6 is 0 Å². The Kier molecular flexibility index (Phi) is 1.77. The molecule has 60 valence electrons. The van der Waals surface area contributed by atoms with Gasteiger partial charge in [0, 0.05) is 6.20 Å². The Bertz CT molecular complexity index is 313. The van der Waals surface area contributed by atoms with Crippen molar-refractivity contribution in [1.29, 1.82) is 0 Å². The molecule has 6 N–H and O–H groups in total. The predicted octanol–water partition coefficient (Wildman–Crippen LogP) is -1.93. The number of H-pyrrole nitrogens is 2. The molecule has 0 spiro atoms. The van der Waals surface area contributed by atoms with E-state index in [9.17, 15) is 9.59 Å². The second kappa shape index (κ2) is 2.59. The second-order valence-corrected chi connectivity index (χ2v) is 2.09. The van der Waals surface area contributed by atoms with Crippen molar-refractivity contribution < 1.29 is 15.6 Å². The highest BCUT2D eigenvalue weighted by molar-refractivity contribution is 5.73. The lowest BCUT2D eigenvalue weighted by molar-refractivity contribution is -0.413. The zero-order valence-electron chi connectivity index (χ0n) is 5.63. The van der Waals surface area contributed by atoms with Crippen LogP contribution in [-0.4, -0.2) is 21.3 Å². The fourth-order valence-electron chi connectivity index (χ4n) is 0.709. The van der Waals surface area contributed by atoms with E-state index in [1.165, 1.54) is 6.20 Å². The van der Waals surface area contributed by atoms with Gasteiger partial charge >= 0.3 is 5.97 Å². The molecule has 1 rings (SSSR count). The van der Waals surface area contributed by atoms with Gasteiger partial charge in [0.15, 0.2) is 0 Å². The minimum Gasteiger partial charge on any atom is -0.477 e. The first-order valence-corrected chi connectivity index (χ1v) is 2.94. The summed E-state index contributed by atoms with van der Waals surface area (Å²) in [6.45, 7) is 0. The summed E-state index contributed by atoms with van der Waals surface area (Å²) in [6, 6.07) is -1.01. The van der Waals surface area contributed by atoms with Crippen molar-refractivity contribution in [2.24, 2.45) is 0 Å². The Morgan fingerprint density at radius 1 is 1.73 bits per heavy atom. The molecular weight excluding hydrogens is 150 g/mol. The van der Waals surface area contributed by atoms with Crippen molar-refractivity contribution >= 4 is 5.97 Å². The fourth-order valence-corrected chi connectivity index (χ4v) is 0.709. The van der Waals surface area contributed by atoms with E-state index in [1.54, 1.807) is 0 Å². The van der Waals surface area contributed by atoms with Crippen LogP contribution in [0.2, 0.25) is 0 Å². The summed E-state index contributed by atoms with van der Waals surface area (Å²) in [7, 11) is 0. The summed E-state index contributed by atoms with van der Waals surface area (Å²) in [4.78, 5) is 21.1. The van der Waals surface area contributed by atoms with Crippen LogP contribution in [0.5, 0.6) is 0 Å². The van der Waals surface area contributed by atoms with E-state index in [-0.39, 0.29) is 5.56 Å². The van der Waals surface area contributed by atoms with Gasteiger partial charge < -0.3 is 15.9 Å². The lowest BCUT2D eigenvalue weighted by Gasteiger charge is -1.95. The molecular formula is C5H8N3O3+. The van der Waals surface area contributed by atoms with E-state index in [2.05, 4.69) is 15.9 Å². The largest absolute Gasteiger partial charge is 0.477 e. The van der Waals surface area contributed by atoms with E-state index in [1.807, 2.05) is 0 Å². The van der Waals surface area contributed by atoms with E-state index < -0.39 is 17.6 Å². The highest BCUT2D eigenvalue weighted by Crippen LogP contribution is 1.98. The first-order valence-electron chi connectivity index (χ1n) is 2.94. The second-order valence-electron chi connectivity index (χ2n) is 2.09. The van der Waals surface area contributed by atoms with Crippen molar-refractivity contribution in [2.45, 2.75) is 6.04 Å². The smallest absolute Gasteiger partial charge is 0.367 e. The molecule has 1 unspecified atom stereocenters. The molecule has 0 fully saturated rings. The van der Waals surface area contributed by atoms with Gasteiger partial charge in [0.05, 0.1) is 0 Å². The van der Waals surface area contributed by atoms with Gasteiger partial charge in [-0.1, -0.05) is 0 Å². The molecule has 1 aromatic heterocycles. The number of rotatable bonds is 2. The molecule has 0 aromatic carbocycles. The van der Waals surface area contributed by atoms with Crippen molar-refractivity contribution in [1.82, 2.24) is 10.2 Å². The average Bonchev–Trinajstić information content (AvgIpc) is 2.33. The fraction of sp³-hybridized carbons (Fsp3) is 0.200. The summed E-state index contributed by atoms with van der Waals surface area (Å²) in [5, 5.41) is 13.1. The Morgan fingerprint density at radius 2 is 2.36 bits per heavy atom. The van der Waals surface area contributed by atoms with Crippen LogP contribution in [0.25, 0.3) is 0 Å². The minimum atomic E-state index is -1.12. The molecule has 6 heteroatoms. The van der Waals surface area contributed by atoms with Crippen molar-refractivity contribution in [3.05, 3.63) is 22.1 Å². The number of hydrogen-bond donors (Lipinski definition) is 4. The maximum absolute atomic E-state index is 10.8. The SMILES string of the molecule is [NH3+]C(C(=O)O)c1c[nH][nH]c1=O. The van der Waals surface area contributed by atoms with Crippen LogP contribution in [0.3, 0.4) is 0 Å². The normalized spacial score (nSPS) is 12.8. The van der Waals surface area contributed by atoms with E-state index in [4.69, 9.17) is 5.11 Å². The summed E-state index contributed by atoms with van der Waals surface area (Å²) >= 11 is 0. The van der Waals surface area contributed by atoms with Crippen molar-refractivity contribution in [3.63, 3.8) is 0 Å². The van der Waals surface area contributed by atoms with Crippen molar-refractivity contribution in [2.75, 3.05) is 0 Å². The summed E-state index contributed by atoms with van der Waals surface area (Å²) < 4.78 is 0. The number of aliphatic carboxylic acids is 1. The number of carbonyl (C=O) groups is 1. The molecule has 0 aliphatic rings. The number of carboxylic acids is 1. The van der Waals surface area contributed by atoms with Gasteiger partial charge in [0.25, 0.3) is 5.56 Å². The molecule has 6 nitrogen and oxygen atoms in total. The van der Waals surface area contributed by atoms with Crippen LogP contribution < -0.4 is 11.3 Å². The maximum atomic E-state index is 10.8. The third kappa shape index (κ3) is 1.30. The Hall–Kier alpha value is -1.56. The predicted molar refractivity (Wildman–Crippen MR) is 34.7 cm³/mol. The number of quaternary nitrogens is 1. The van der Waals surface area contributed by atoms with Crippen molar-refractivity contribution in [3.8, 4) is 0 Å². The molecule has 0 saturated carbocycles. The summed E-state index contributed by atoms with van der Waals surface area (Å²) in [5.41, 5.74) is 3.00. The van der Waals surface area contributed by atoms with Crippen LogP contribution in [-0.2, 0) is 4.79 Å². The molecule has 1 atom stereocenters. The number of hydrogen-bond acceptors (Lipinski definition) is 2. The van der Waals surface area contributed by atoms with E-state index in [0.29, 0.717) is 0 Å². The zero-order valence-corrected chi connectivity index (χ0v) is 5.63. The van der Waals surface area contributed by atoms with Gasteiger partial charge in [-0.3, -0.25) is 9.89 Å². The molecule has 1 heterocycles. The standard InChI is InChI=1S/C5H7N3O3/c6-3(5(10)11)2-1-7-8-4(2)9/h1,3H,6H2,(H,10,11)(H2,7,8,9)/p+1.